The van der Waals surface area contributed by atoms with Crippen molar-refractivity contribution in [1.29, 1.82) is 0 Å². The largest absolute Gasteiger partial charge is 0.479 e. The number of carboxylic acids is 1. The highest BCUT2D eigenvalue weighted by atomic mass is 32.2. The number of hydrogen-bond acceptors (Lipinski definition) is 20. The molecule has 0 fully saturated rings. The van der Waals surface area contributed by atoms with Crippen LogP contribution in [-0.2, 0) is 62.9 Å². The van der Waals surface area contributed by atoms with Crippen LogP contribution in [0.2, 0.25) is 0 Å². The van der Waals surface area contributed by atoms with Crippen LogP contribution in [0.15, 0.2) is 94.7 Å². The fourth-order valence-electron chi connectivity index (χ4n) is 5.52. The molecule has 0 aliphatic rings. The number of carbonyl (C=O) groups excluding carboxylic acids is 5. The molecule has 400 valence electrons. The van der Waals surface area contributed by atoms with E-state index in [9.17, 15) is 50.7 Å². The summed E-state index contributed by atoms with van der Waals surface area (Å²) < 4.78 is 84.8. The Bertz CT molecular complexity index is 2670. The molecule has 0 spiro atoms. The molecular weight excluding hydrogens is 1000 g/mol. The fourth-order valence-corrected chi connectivity index (χ4v) is 6.92. The zero-order valence-corrected chi connectivity index (χ0v) is 42.7. The first-order valence-electron chi connectivity index (χ1n) is 22.4. The lowest BCUT2D eigenvalue weighted by molar-refractivity contribution is -0.162. The van der Waals surface area contributed by atoms with Crippen LogP contribution in [0.25, 0.3) is 0 Å². The normalized spacial score (nSPS) is 11.6. The monoisotopic (exact) mass is 1060 g/mol. The van der Waals surface area contributed by atoms with Crippen molar-refractivity contribution in [3.05, 3.63) is 96.1 Å². The molecule has 0 aromatic heterocycles. The Balaban J connectivity index is 0.000000441. The number of primary sulfonamides is 2. The maximum absolute atomic E-state index is 12.7. The Labute approximate surface area is 423 Å². The third-order valence-electron chi connectivity index (χ3n) is 8.84. The minimum absolute atomic E-state index is 0.00174. The van der Waals surface area contributed by atoms with Crippen molar-refractivity contribution in [3.63, 3.8) is 0 Å². The van der Waals surface area contributed by atoms with Crippen LogP contribution in [-0.4, -0.2) is 115 Å². The zero-order valence-electron chi connectivity index (χ0n) is 41.1. The molecule has 0 saturated heterocycles. The van der Waals surface area contributed by atoms with Crippen LogP contribution in [0.5, 0.6) is 23.0 Å². The Morgan fingerprint density at radius 1 is 0.603 bits per heavy atom. The van der Waals surface area contributed by atoms with Crippen LogP contribution in [0, 0.1) is 0 Å². The Hall–Kier alpha value is -7.32. The lowest BCUT2D eigenvalue weighted by atomic mass is 10.1. The first kappa shape index (κ1) is 61.8. The van der Waals surface area contributed by atoms with Crippen LogP contribution < -0.4 is 30.4 Å². The van der Waals surface area contributed by atoms with Gasteiger partial charge in [-0.2, -0.15) is 0 Å². The molecule has 0 radical (unpaired) electrons. The fraction of sp³-hybridized carbons (Fsp3) is 0.375. The first-order chi connectivity index (χ1) is 34.4. The summed E-state index contributed by atoms with van der Waals surface area (Å²) in [6.07, 6.45) is 1.70. The molecule has 4 aromatic carbocycles. The number of nitrogens with one attached hydrogen (secondary N) is 2. The second-order valence-corrected chi connectivity index (χ2v) is 18.5. The van der Waals surface area contributed by atoms with Crippen molar-refractivity contribution in [2.24, 2.45) is 10.3 Å². The minimum atomic E-state index is -4.31. The highest BCUT2D eigenvalue weighted by Crippen LogP contribution is 2.39. The number of nitrogens with two attached hydrogens (primary N) is 2. The van der Waals surface area contributed by atoms with E-state index in [1.165, 1.54) is 26.0 Å². The number of esters is 5. The van der Waals surface area contributed by atoms with Gasteiger partial charge in [0.15, 0.2) is 24.7 Å². The predicted octanol–water partition coefficient (Wildman–Crippen LogP) is 5.50. The van der Waals surface area contributed by atoms with Gasteiger partial charge < -0.3 is 54.0 Å². The van der Waals surface area contributed by atoms with Gasteiger partial charge in [0, 0.05) is 26.9 Å². The van der Waals surface area contributed by atoms with Gasteiger partial charge in [0.2, 0.25) is 20.0 Å². The predicted molar refractivity (Wildman–Crippen MR) is 264 cm³/mol. The summed E-state index contributed by atoms with van der Waals surface area (Å²) in [5.41, 5.74) is 0.426. The number of carboxylic acid groups (broad SMARTS) is 1. The SMILES string of the molecule is CC(=O)OCC(=O)O.CCCCNc1cc(C(=O)OCC(C)O)cc(S(N)(=O)=O)c1Oc1ccccc1.CCCCNc1cc(C(=O)OCC(C)OC(=O)COC(C)=O)cc(S(N)(=O)=O)c1Oc1ccccc1. The molecule has 2 unspecified atom stereocenters. The number of anilines is 2. The highest BCUT2D eigenvalue weighted by molar-refractivity contribution is 7.89. The van der Waals surface area contributed by atoms with Gasteiger partial charge in [-0.1, -0.05) is 63.1 Å². The van der Waals surface area contributed by atoms with Crippen LogP contribution in [0.3, 0.4) is 0 Å². The number of aliphatic hydroxyl groups excluding tert-OH is 1. The number of rotatable bonds is 25. The van der Waals surface area contributed by atoms with Crippen molar-refractivity contribution in [1.82, 2.24) is 0 Å². The van der Waals surface area contributed by atoms with E-state index in [-0.39, 0.29) is 46.4 Å². The number of para-hydroxylation sites is 2. The maximum Gasteiger partial charge on any atom is 0.344 e. The van der Waals surface area contributed by atoms with Crippen molar-refractivity contribution >= 4 is 67.2 Å². The van der Waals surface area contributed by atoms with Crippen molar-refractivity contribution < 1.29 is 89.0 Å². The number of hydrogen-bond donors (Lipinski definition) is 6. The molecule has 0 bridgehead atoms. The van der Waals surface area contributed by atoms with E-state index in [2.05, 4.69) is 20.1 Å². The number of aliphatic carboxylic acids is 1. The van der Waals surface area contributed by atoms with Gasteiger partial charge in [-0.3, -0.25) is 9.59 Å². The van der Waals surface area contributed by atoms with Gasteiger partial charge in [0.1, 0.15) is 40.6 Å². The number of sulfonamides is 2. The third kappa shape index (κ3) is 24.1. The van der Waals surface area contributed by atoms with E-state index in [1.54, 1.807) is 60.7 Å². The van der Waals surface area contributed by atoms with Gasteiger partial charge in [-0.25, -0.2) is 46.3 Å². The first-order valence-corrected chi connectivity index (χ1v) is 25.5. The summed E-state index contributed by atoms with van der Waals surface area (Å²) in [6, 6.07) is 22.2. The molecule has 0 saturated carbocycles. The highest BCUT2D eigenvalue weighted by Gasteiger charge is 2.26. The molecule has 23 nitrogen and oxygen atoms in total. The van der Waals surface area contributed by atoms with Gasteiger partial charge in [0.05, 0.1) is 28.6 Å². The molecule has 4 aromatic rings. The van der Waals surface area contributed by atoms with Crippen LogP contribution in [0.1, 0.15) is 87.9 Å². The third-order valence-corrected chi connectivity index (χ3v) is 10.7. The smallest absolute Gasteiger partial charge is 0.344 e. The van der Waals surface area contributed by atoms with E-state index in [0.717, 1.165) is 51.7 Å². The number of unbranched alkanes of at least 4 members (excludes halogenated alkanes) is 2. The zero-order chi connectivity index (χ0) is 54.7. The summed E-state index contributed by atoms with van der Waals surface area (Å²) >= 11 is 0. The molecule has 4 rings (SSSR count). The summed E-state index contributed by atoms with van der Waals surface area (Å²) in [4.78, 5) is 66.3. The molecular formula is C48H62N4O19S2. The van der Waals surface area contributed by atoms with E-state index >= 15 is 0 Å². The summed E-state index contributed by atoms with van der Waals surface area (Å²) in [7, 11) is -8.52. The second kappa shape index (κ2) is 31.2. The van der Waals surface area contributed by atoms with Crippen LogP contribution >= 0.6 is 0 Å². The number of benzene rings is 4. The lowest BCUT2D eigenvalue weighted by Crippen LogP contribution is -2.25. The number of aliphatic hydroxyl groups is 1. The van der Waals surface area contributed by atoms with Gasteiger partial charge >= 0.3 is 35.8 Å². The summed E-state index contributed by atoms with van der Waals surface area (Å²) in [5.74, 6) is -4.07. The van der Waals surface area contributed by atoms with Gasteiger partial charge in [-0.05, 0) is 75.2 Å². The minimum Gasteiger partial charge on any atom is -0.479 e. The van der Waals surface area contributed by atoms with E-state index < -0.39 is 86.2 Å². The second-order valence-electron chi connectivity index (χ2n) is 15.5. The van der Waals surface area contributed by atoms with E-state index in [0.29, 0.717) is 30.3 Å². The maximum atomic E-state index is 12.7. The van der Waals surface area contributed by atoms with Crippen LogP contribution in [0.4, 0.5) is 11.4 Å². The number of ether oxygens (including phenoxy) is 7. The Morgan fingerprint density at radius 3 is 1.34 bits per heavy atom. The molecule has 0 aliphatic heterocycles. The molecule has 0 amide bonds. The summed E-state index contributed by atoms with van der Waals surface area (Å²) in [6.45, 7) is 8.63. The molecule has 8 N–H and O–H groups in total. The Morgan fingerprint density at radius 2 is 1.00 bits per heavy atom. The average molecular weight is 1060 g/mol. The Kier molecular flexibility index (Phi) is 26.4. The lowest BCUT2D eigenvalue weighted by Gasteiger charge is -2.18. The van der Waals surface area contributed by atoms with Crippen molar-refractivity contribution in [2.45, 2.75) is 89.2 Å². The van der Waals surface area contributed by atoms with E-state index in [1.807, 2.05) is 13.8 Å². The molecule has 2 atom stereocenters. The molecule has 0 heterocycles. The van der Waals surface area contributed by atoms with Crippen molar-refractivity contribution in [3.8, 4) is 23.0 Å². The van der Waals surface area contributed by atoms with Gasteiger partial charge in [0.25, 0.3) is 0 Å². The summed E-state index contributed by atoms with van der Waals surface area (Å²) in [5, 5.41) is 34.2. The standard InChI is InChI=1S/C24H30N2O9S.C20H26N2O6S.C4H6O4/c1-4-5-11-26-20-12-18(24(29)33-14-16(2)34-22(28)15-32-17(3)27)13-21(36(25,30)31)23(20)35-19-9-7-6-8-10-19;1-3-4-10-22-17-11-15(20(24)27-13-14(2)23)12-18(29(21,25)26)19(17)28-16-8-6-5-7-9-16;1-3(5)8-2-4(6)7/h6-10,12-13,16,26H,4-5,11,14-15H2,1-3H3,(H2,25,30,31);5-9,11-12,14,22-23H,3-4,10,13H2,1-2H3,(H2,21,25,26);2H2,1H3,(H,6,7). The number of carbonyl (C=O) groups is 6. The average Bonchev–Trinajstić information content (AvgIpc) is 3.32. The van der Waals surface area contributed by atoms with Crippen molar-refractivity contribution in [2.75, 3.05) is 50.2 Å². The topological polar surface area (TPSA) is 352 Å². The quantitative estimate of drug-likeness (QED) is 0.0271. The molecule has 25 heteroatoms. The molecule has 73 heavy (non-hydrogen) atoms. The van der Waals surface area contributed by atoms with Gasteiger partial charge in [-0.15, -0.1) is 0 Å². The molecule has 0 aliphatic carbocycles. The van der Waals surface area contributed by atoms with E-state index in [4.69, 9.17) is 39.1 Å².